The molecule has 3 aliphatic rings. The molecule has 0 bridgehead atoms. The van der Waals surface area contributed by atoms with Crippen molar-refractivity contribution in [2.75, 3.05) is 0 Å². The molecular weight excluding hydrogens is 368 g/mol. The molecule has 0 spiro atoms. The topological polar surface area (TPSA) is 61.8 Å². The third-order valence-corrected chi connectivity index (χ3v) is 7.92. The van der Waals surface area contributed by atoms with Gasteiger partial charge in [0.1, 0.15) is 0 Å². The minimum Gasteiger partial charge on any atom is -0.435 e. The molecule has 0 amide bonds. The predicted octanol–water partition coefficient (Wildman–Crippen LogP) is 5.30. The van der Waals surface area contributed by atoms with E-state index < -0.39 is 24.5 Å². The number of ether oxygens (including phenoxy) is 3. The third-order valence-electron chi connectivity index (χ3n) is 7.92. The minimum atomic E-state index is -0.771. The summed E-state index contributed by atoms with van der Waals surface area (Å²) in [5.41, 5.74) is 2.65. The predicted molar refractivity (Wildman–Crippen MR) is 111 cm³/mol. The van der Waals surface area contributed by atoms with Gasteiger partial charge in [-0.2, -0.15) is 0 Å². The number of carbonyl (C=O) groups excluding carboxylic acids is 2. The van der Waals surface area contributed by atoms with Crippen LogP contribution in [0.4, 0.5) is 0 Å². The first-order chi connectivity index (χ1) is 13.6. The Hall–Kier alpha value is -1.62. The van der Waals surface area contributed by atoms with Crippen molar-refractivity contribution in [3.8, 4) is 0 Å². The van der Waals surface area contributed by atoms with Crippen LogP contribution in [0.15, 0.2) is 23.8 Å². The maximum atomic E-state index is 11.5. The van der Waals surface area contributed by atoms with E-state index in [0.717, 1.165) is 18.4 Å². The Morgan fingerprint density at radius 1 is 1.21 bits per heavy atom. The Bertz CT molecular complexity index is 710. The van der Waals surface area contributed by atoms with Crippen LogP contribution in [0.5, 0.6) is 0 Å². The lowest BCUT2D eigenvalue weighted by atomic mass is 9.46. The molecule has 0 radical (unpaired) electrons. The van der Waals surface area contributed by atoms with E-state index >= 15 is 0 Å². The fourth-order valence-electron chi connectivity index (χ4n) is 5.91. The summed E-state index contributed by atoms with van der Waals surface area (Å²) < 4.78 is 16.2. The smallest absolute Gasteiger partial charge is 0.305 e. The second-order valence-corrected chi connectivity index (χ2v) is 9.72. The van der Waals surface area contributed by atoms with Crippen LogP contribution in [0.3, 0.4) is 0 Å². The summed E-state index contributed by atoms with van der Waals surface area (Å²) in [4.78, 5) is 22.8. The molecule has 0 aromatic carbocycles. The van der Waals surface area contributed by atoms with Crippen molar-refractivity contribution in [3.63, 3.8) is 0 Å². The van der Waals surface area contributed by atoms with Gasteiger partial charge in [-0.05, 0) is 61.2 Å². The average molecular weight is 405 g/mol. The van der Waals surface area contributed by atoms with Crippen molar-refractivity contribution in [1.29, 1.82) is 0 Å². The number of carbonyl (C=O) groups is 2. The lowest BCUT2D eigenvalue weighted by Crippen LogP contribution is -2.50. The maximum Gasteiger partial charge on any atom is 0.305 e. The van der Waals surface area contributed by atoms with Gasteiger partial charge in [0.2, 0.25) is 12.6 Å². The Morgan fingerprint density at radius 3 is 2.55 bits per heavy atom. The average Bonchev–Trinajstić information content (AvgIpc) is 2.98. The van der Waals surface area contributed by atoms with E-state index in [-0.39, 0.29) is 10.8 Å². The van der Waals surface area contributed by atoms with E-state index in [1.165, 1.54) is 45.1 Å². The Labute approximate surface area is 174 Å². The van der Waals surface area contributed by atoms with Gasteiger partial charge < -0.3 is 9.47 Å². The van der Waals surface area contributed by atoms with Crippen LogP contribution in [0, 0.1) is 22.7 Å². The van der Waals surface area contributed by atoms with Gasteiger partial charge in [-0.25, -0.2) is 0 Å². The molecule has 0 N–H and O–H groups in total. The zero-order valence-electron chi connectivity index (χ0n) is 18.6. The van der Waals surface area contributed by atoms with Crippen LogP contribution in [0.25, 0.3) is 0 Å². The molecule has 5 heteroatoms. The lowest BCUT2D eigenvalue weighted by Gasteiger charge is -2.58. The van der Waals surface area contributed by atoms with E-state index in [0.29, 0.717) is 18.3 Å². The molecule has 2 saturated carbocycles. The highest BCUT2D eigenvalue weighted by molar-refractivity contribution is 5.67. The van der Waals surface area contributed by atoms with Crippen molar-refractivity contribution < 1.29 is 23.8 Å². The third kappa shape index (κ3) is 4.30. The molecule has 5 nitrogen and oxygen atoms in total. The van der Waals surface area contributed by atoms with Crippen molar-refractivity contribution in [2.45, 2.75) is 92.1 Å². The summed E-state index contributed by atoms with van der Waals surface area (Å²) in [6.45, 7) is 14.3. The van der Waals surface area contributed by atoms with Crippen molar-refractivity contribution >= 4 is 11.9 Å². The van der Waals surface area contributed by atoms with Crippen LogP contribution in [-0.2, 0) is 23.8 Å². The molecule has 0 aromatic rings. The molecule has 3 fully saturated rings. The highest BCUT2D eigenvalue weighted by atomic mass is 16.8. The number of esters is 2. The quantitative estimate of drug-likeness (QED) is 0.470. The molecule has 1 aliphatic heterocycles. The first-order valence-corrected chi connectivity index (χ1v) is 10.9. The fraction of sp³-hybridized carbons (Fsp3) is 0.750. The number of rotatable bonds is 4. The highest BCUT2D eigenvalue weighted by Crippen LogP contribution is 2.62. The molecule has 29 heavy (non-hydrogen) atoms. The lowest BCUT2D eigenvalue weighted by molar-refractivity contribution is -0.204. The summed E-state index contributed by atoms with van der Waals surface area (Å²) in [5, 5.41) is 0. The Kier molecular flexibility index (Phi) is 6.28. The van der Waals surface area contributed by atoms with Crippen molar-refractivity contribution in [1.82, 2.24) is 0 Å². The van der Waals surface area contributed by atoms with Crippen LogP contribution >= 0.6 is 0 Å². The van der Waals surface area contributed by atoms with Gasteiger partial charge in [-0.15, -0.1) is 0 Å². The molecule has 1 saturated heterocycles. The van der Waals surface area contributed by atoms with Gasteiger partial charge in [0.15, 0.2) is 0 Å². The molecule has 1 heterocycles. The summed E-state index contributed by atoms with van der Waals surface area (Å²) in [6, 6.07) is 0. The summed E-state index contributed by atoms with van der Waals surface area (Å²) >= 11 is 0. The van der Waals surface area contributed by atoms with Crippen LogP contribution < -0.4 is 0 Å². The van der Waals surface area contributed by atoms with Gasteiger partial charge in [0.25, 0.3) is 0 Å². The molecule has 6 atom stereocenters. The molecule has 162 valence electrons. The van der Waals surface area contributed by atoms with E-state index in [4.69, 9.17) is 14.2 Å². The summed E-state index contributed by atoms with van der Waals surface area (Å²) in [6.07, 6.45) is 8.06. The molecule has 0 aromatic heterocycles. The SMILES string of the molecule is C=C1CCC[C@@H]2[C@@](C)(C/C=C3/C[C@@H](OC(C)=O)O[C@@H]3OC(C)=O)[C@H](C)CC[C@@]12C. The zero-order valence-corrected chi connectivity index (χ0v) is 18.6. The fourth-order valence-corrected chi connectivity index (χ4v) is 5.91. The van der Waals surface area contributed by atoms with Crippen molar-refractivity contribution in [2.24, 2.45) is 22.7 Å². The number of fused-ring (bicyclic) bond motifs is 1. The van der Waals surface area contributed by atoms with Crippen LogP contribution in [-0.4, -0.2) is 24.5 Å². The Morgan fingerprint density at radius 2 is 1.90 bits per heavy atom. The van der Waals surface area contributed by atoms with Gasteiger partial charge >= 0.3 is 11.9 Å². The maximum absolute atomic E-state index is 11.5. The van der Waals surface area contributed by atoms with Gasteiger partial charge in [-0.3, -0.25) is 14.3 Å². The second kappa shape index (κ2) is 8.25. The summed E-state index contributed by atoms with van der Waals surface area (Å²) in [7, 11) is 0. The molecule has 0 unspecified atom stereocenters. The monoisotopic (exact) mass is 404 g/mol. The van der Waals surface area contributed by atoms with Gasteiger partial charge in [0.05, 0.1) is 0 Å². The van der Waals surface area contributed by atoms with E-state index in [2.05, 4.69) is 33.4 Å². The van der Waals surface area contributed by atoms with E-state index in [9.17, 15) is 9.59 Å². The van der Waals surface area contributed by atoms with Crippen molar-refractivity contribution in [3.05, 3.63) is 23.8 Å². The van der Waals surface area contributed by atoms with E-state index in [1.54, 1.807) is 0 Å². The first-order valence-electron chi connectivity index (χ1n) is 10.9. The number of hydrogen-bond donors (Lipinski definition) is 0. The summed E-state index contributed by atoms with van der Waals surface area (Å²) in [5.74, 6) is 0.387. The van der Waals surface area contributed by atoms with E-state index in [1.807, 2.05) is 0 Å². The first kappa shape index (κ1) is 22.1. The standard InChI is InChI=1S/C24H36O5/c1-15-8-7-9-20-23(15,5)12-10-16(2)24(20,6)13-11-19-14-21(27-17(3)25)29-22(19)28-18(4)26/h11,16,20-22H,1,7-10,12-14H2,2-6H3/b19-11-/t16-,20+,21+,22+,23+,24+/m1/s1. The molecule has 3 rings (SSSR count). The zero-order chi connectivity index (χ0) is 21.4. The Balaban J connectivity index is 1.83. The second-order valence-electron chi connectivity index (χ2n) is 9.72. The van der Waals surface area contributed by atoms with Crippen LogP contribution in [0.2, 0.25) is 0 Å². The number of allylic oxidation sites excluding steroid dienone is 2. The normalized spacial score (nSPS) is 41.1. The van der Waals surface area contributed by atoms with Gasteiger partial charge in [0, 0.05) is 25.8 Å². The molecular formula is C24H36O5. The highest BCUT2D eigenvalue weighted by Gasteiger charge is 2.53. The number of hydrogen-bond acceptors (Lipinski definition) is 5. The molecule has 2 aliphatic carbocycles. The van der Waals surface area contributed by atoms with Crippen LogP contribution in [0.1, 0.15) is 79.6 Å². The van der Waals surface area contributed by atoms with Gasteiger partial charge in [-0.1, -0.05) is 39.0 Å². The largest absolute Gasteiger partial charge is 0.435 e. The minimum absolute atomic E-state index is 0.143.